The number of hydrogen-bond donors (Lipinski definition) is 5. The number of aliphatic hydroxyl groups excluding tert-OH is 2. The molecule has 6 atom stereocenters. The lowest BCUT2D eigenvalue weighted by Crippen LogP contribution is -2.50. The number of likely N-dealkylation sites (tertiary alicyclic amines) is 1. The van der Waals surface area contributed by atoms with Gasteiger partial charge < -0.3 is 50.6 Å². The Hall–Kier alpha value is -7.79. The minimum absolute atomic E-state index is 0.00780. The summed E-state index contributed by atoms with van der Waals surface area (Å²) in [6, 6.07) is 19.5. The molecule has 428 valence electrons. The van der Waals surface area contributed by atoms with Gasteiger partial charge in [-0.15, -0.1) is 5.10 Å². The number of aryl methyl sites for hydroxylation is 1. The molecule has 1 aliphatic carbocycles. The molecule has 8 heterocycles. The number of benzene rings is 3. The van der Waals surface area contributed by atoms with Crippen LogP contribution in [0.5, 0.6) is 11.8 Å². The monoisotopic (exact) mass is 1120 g/mol. The minimum Gasteiger partial charge on any atom is -0.486 e. The molecule has 2 amide bonds. The van der Waals surface area contributed by atoms with Gasteiger partial charge in [0.15, 0.2) is 5.75 Å². The van der Waals surface area contributed by atoms with E-state index in [4.69, 9.17) is 29.9 Å². The number of amides is 2. The molecular formula is C60H65F3N12O7. The average Bonchev–Trinajstić information content (AvgIpc) is 3.94. The number of nitrogen functional groups attached to an aromatic ring is 1. The molecule has 7 aromatic rings. The molecule has 6 N–H and O–H groups in total. The van der Waals surface area contributed by atoms with Crippen LogP contribution < -0.4 is 30.7 Å². The molecule has 4 saturated heterocycles. The van der Waals surface area contributed by atoms with Crippen molar-refractivity contribution in [2.75, 3.05) is 50.1 Å². The van der Waals surface area contributed by atoms with Crippen LogP contribution in [0.25, 0.3) is 44.5 Å². The van der Waals surface area contributed by atoms with Gasteiger partial charge in [-0.25, -0.2) is 9.67 Å². The van der Waals surface area contributed by atoms with E-state index < -0.39 is 54.4 Å². The van der Waals surface area contributed by atoms with Crippen molar-refractivity contribution in [3.63, 3.8) is 0 Å². The van der Waals surface area contributed by atoms with Crippen LogP contribution in [-0.2, 0) is 27.1 Å². The molecular weight excluding hydrogens is 1060 g/mol. The number of pyridine rings is 2. The molecule has 82 heavy (non-hydrogen) atoms. The standard InChI is InChI=1S/C60H65F3N12O7/c1-32(2)54(58(79)74-28-42(77)24-48(74)57(78)67-47(30-76)39-12-8-35(9-13-39)36-14-18-65-19-15-36)75-29-46(71-72-75)38-6-4-34(5-7-38)31-81-55-50(53-51(60(61,62)63)33(3)22-49(64)68-53)44(37-10-11-37)25-45-52(55)69-59(82-43-16-20-80-21-17-43)70-56(45)73-27-40-23-41(73)26-66-40/h4-9,12-15,18-19,22,25,29,32,37,40-43,47-48,54,66,76-77H,10-11,16-17,20-21,23-24,26-28,30-31H2,1-3H3,(H2,64,68)(H,67,78)/t40-,41-,42+,47-,48-,54-/m0/s1. The zero-order valence-corrected chi connectivity index (χ0v) is 45.7. The van der Waals surface area contributed by atoms with Crippen molar-refractivity contribution in [3.8, 4) is 45.4 Å². The molecule has 0 radical (unpaired) electrons. The number of halogens is 3. The van der Waals surface area contributed by atoms with Crippen LogP contribution in [-0.4, -0.2) is 132 Å². The summed E-state index contributed by atoms with van der Waals surface area (Å²) in [7, 11) is 0. The smallest absolute Gasteiger partial charge is 0.418 e. The van der Waals surface area contributed by atoms with Crippen molar-refractivity contribution in [3.05, 3.63) is 119 Å². The third-order valence-electron chi connectivity index (χ3n) is 16.5. The van der Waals surface area contributed by atoms with E-state index in [2.05, 4.69) is 35.8 Å². The molecule has 12 rings (SSSR count). The van der Waals surface area contributed by atoms with E-state index in [1.165, 1.54) is 22.6 Å². The number of carbonyl (C=O) groups is 2. The fourth-order valence-corrected chi connectivity index (χ4v) is 12.2. The van der Waals surface area contributed by atoms with Crippen molar-refractivity contribution in [2.24, 2.45) is 5.92 Å². The Morgan fingerprint density at radius 1 is 0.927 bits per heavy atom. The number of aliphatic hydroxyl groups is 2. The van der Waals surface area contributed by atoms with Crippen molar-refractivity contribution in [1.29, 1.82) is 0 Å². The highest BCUT2D eigenvalue weighted by Gasteiger charge is 2.45. The van der Waals surface area contributed by atoms with Gasteiger partial charge >= 0.3 is 12.2 Å². The van der Waals surface area contributed by atoms with E-state index in [9.17, 15) is 19.8 Å². The number of β-amino-alcohol motifs (C(OH)–C–C–N with tert-alkyl or cyclic N) is 1. The van der Waals surface area contributed by atoms with E-state index in [-0.39, 0.29) is 84.0 Å². The van der Waals surface area contributed by atoms with Gasteiger partial charge in [0.2, 0.25) is 11.8 Å². The second-order valence-electron chi connectivity index (χ2n) is 22.6. The minimum atomic E-state index is -4.79. The van der Waals surface area contributed by atoms with E-state index >= 15 is 13.2 Å². The highest BCUT2D eigenvalue weighted by atomic mass is 19.4. The number of rotatable bonds is 17. The Labute approximate surface area is 471 Å². The lowest BCUT2D eigenvalue weighted by atomic mass is 9.92. The van der Waals surface area contributed by atoms with Gasteiger partial charge in [0.1, 0.15) is 47.6 Å². The predicted octanol–water partition coefficient (Wildman–Crippen LogP) is 7.50. The number of nitrogens with zero attached hydrogens (tertiary/aromatic N) is 9. The number of anilines is 2. The Balaban J connectivity index is 0.830. The highest BCUT2D eigenvalue weighted by Crippen LogP contribution is 2.54. The summed E-state index contributed by atoms with van der Waals surface area (Å²) in [5.74, 6) is -0.636. The number of carbonyl (C=O) groups excluding carboxylic acids is 2. The first-order chi connectivity index (χ1) is 39.6. The summed E-state index contributed by atoms with van der Waals surface area (Å²) in [6.45, 7) is 7.03. The Morgan fingerprint density at radius 3 is 2.33 bits per heavy atom. The van der Waals surface area contributed by atoms with Crippen LogP contribution in [0.15, 0.2) is 91.4 Å². The van der Waals surface area contributed by atoms with E-state index in [1.807, 2.05) is 80.6 Å². The van der Waals surface area contributed by atoms with Crippen molar-refractivity contribution >= 4 is 34.4 Å². The van der Waals surface area contributed by atoms with Crippen LogP contribution in [0, 0.1) is 12.8 Å². The summed E-state index contributed by atoms with van der Waals surface area (Å²) in [5, 5.41) is 37.3. The molecule has 0 unspecified atom stereocenters. The number of ether oxygens (including phenoxy) is 3. The van der Waals surface area contributed by atoms with Gasteiger partial charge in [-0.05, 0) is 95.7 Å². The van der Waals surface area contributed by atoms with Crippen molar-refractivity contribution in [2.45, 2.75) is 120 Å². The number of fused-ring (bicyclic) bond motifs is 3. The van der Waals surface area contributed by atoms with Crippen molar-refractivity contribution < 1.29 is 47.2 Å². The molecule has 4 aliphatic heterocycles. The maximum Gasteiger partial charge on any atom is 0.418 e. The molecule has 5 aliphatic rings. The SMILES string of the molecule is Cc1cc(N)nc(-c2c(C3CC3)cc3c(N4C[C@@H]5C[C@H]4CN5)nc(OC4CCOCC4)nc3c2OCc2ccc(-c3cn([C@H](C(=O)N4C[C@H](O)C[C@H]4C(=O)N[C@@H](CO)c4ccc(-c5ccncc5)cc4)C(C)C)nn3)cc2)c1C(F)(F)F. The second-order valence-corrected chi connectivity index (χ2v) is 22.6. The summed E-state index contributed by atoms with van der Waals surface area (Å²) < 4.78 is 66.6. The first-order valence-corrected chi connectivity index (χ1v) is 28.1. The fraction of sp³-hybridized carbons (Fsp3) is 0.433. The lowest BCUT2D eigenvalue weighted by molar-refractivity contribution is -0.142. The van der Waals surface area contributed by atoms with Gasteiger partial charge in [0.05, 0.1) is 49.4 Å². The van der Waals surface area contributed by atoms with E-state index in [0.29, 0.717) is 77.3 Å². The zero-order chi connectivity index (χ0) is 57.0. The Kier molecular flexibility index (Phi) is 15.0. The number of nitrogens with two attached hydrogens (primary N) is 1. The lowest BCUT2D eigenvalue weighted by Gasteiger charge is -2.31. The van der Waals surface area contributed by atoms with Gasteiger partial charge in [0.25, 0.3) is 0 Å². The molecule has 0 spiro atoms. The van der Waals surface area contributed by atoms with Gasteiger partial charge in [0, 0.05) is 79.9 Å². The maximum atomic E-state index is 15.4. The molecule has 5 fully saturated rings. The molecule has 22 heteroatoms. The largest absolute Gasteiger partial charge is 0.486 e. The maximum absolute atomic E-state index is 15.4. The molecule has 3 aromatic carbocycles. The van der Waals surface area contributed by atoms with Gasteiger partial charge in [-0.1, -0.05) is 67.6 Å². The predicted molar refractivity (Wildman–Crippen MR) is 298 cm³/mol. The molecule has 1 saturated carbocycles. The Bertz CT molecular complexity index is 3490. The van der Waals surface area contributed by atoms with Crippen LogP contribution in [0.3, 0.4) is 0 Å². The third kappa shape index (κ3) is 11.0. The number of aromatic nitrogens is 7. The number of alkyl halides is 3. The average molecular weight is 1120 g/mol. The summed E-state index contributed by atoms with van der Waals surface area (Å²) in [4.78, 5) is 50.9. The first kappa shape index (κ1) is 54.8. The quantitative estimate of drug-likeness (QED) is 0.0593. The van der Waals surface area contributed by atoms with Crippen LogP contribution in [0.2, 0.25) is 0 Å². The van der Waals surface area contributed by atoms with Gasteiger partial charge in [-0.2, -0.15) is 23.1 Å². The van der Waals surface area contributed by atoms with Crippen molar-refractivity contribution in [1.82, 2.24) is 50.5 Å². The molecule has 19 nitrogen and oxygen atoms in total. The summed E-state index contributed by atoms with van der Waals surface area (Å²) in [5.41, 5.74) is 10.5. The third-order valence-corrected chi connectivity index (χ3v) is 16.5. The van der Waals surface area contributed by atoms with Crippen LogP contribution >= 0.6 is 0 Å². The summed E-state index contributed by atoms with van der Waals surface area (Å²) in [6.07, 6.45) is 2.77. The van der Waals surface area contributed by atoms with Crippen LogP contribution in [0.4, 0.5) is 24.8 Å². The normalized spacial score (nSPS) is 20.9. The second kappa shape index (κ2) is 22.5. The summed E-state index contributed by atoms with van der Waals surface area (Å²) >= 11 is 0. The fourth-order valence-electron chi connectivity index (χ4n) is 12.2. The number of hydrogen-bond acceptors (Lipinski definition) is 16. The van der Waals surface area contributed by atoms with Crippen LogP contribution in [0.1, 0.15) is 98.2 Å². The number of piperazine rings is 1. The first-order valence-electron chi connectivity index (χ1n) is 28.1. The highest BCUT2D eigenvalue weighted by molar-refractivity contribution is 6.01. The van der Waals surface area contributed by atoms with E-state index in [1.54, 1.807) is 18.6 Å². The Morgan fingerprint density at radius 2 is 1.66 bits per heavy atom. The molecule has 2 bridgehead atoms. The zero-order valence-electron chi connectivity index (χ0n) is 45.7. The number of nitrogens with one attached hydrogen (secondary N) is 2. The van der Waals surface area contributed by atoms with E-state index in [0.717, 1.165) is 36.9 Å². The topological polar surface area (TPSA) is 241 Å². The van der Waals surface area contributed by atoms with Gasteiger partial charge in [-0.3, -0.25) is 14.6 Å². The molecule has 4 aromatic heterocycles.